The van der Waals surface area contributed by atoms with Crippen LogP contribution in [0.4, 0.5) is 10.1 Å². The number of anilines is 1. The van der Waals surface area contributed by atoms with Gasteiger partial charge in [0.15, 0.2) is 0 Å². The minimum absolute atomic E-state index is 0.126. The SMILES string of the molecule is Cc1cc(=O)n(-c2ccc(NC(C)(C)CCc3ccc(Cl)c(F)c3)c(Cl)c2)c(C)n1. The van der Waals surface area contributed by atoms with Gasteiger partial charge in [-0.3, -0.25) is 9.36 Å². The topological polar surface area (TPSA) is 46.9 Å². The van der Waals surface area contributed by atoms with Crippen LogP contribution in [0.1, 0.15) is 37.4 Å². The van der Waals surface area contributed by atoms with E-state index in [1.807, 2.05) is 18.2 Å². The van der Waals surface area contributed by atoms with Crippen molar-refractivity contribution in [3.63, 3.8) is 0 Å². The summed E-state index contributed by atoms with van der Waals surface area (Å²) in [6.07, 6.45) is 1.44. The van der Waals surface area contributed by atoms with E-state index in [1.54, 1.807) is 26.0 Å². The Morgan fingerprint density at radius 1 is 1.07 bits per heavy atom. The first-order valence-corrected chi connectivity index (χ1v) is 10.4. The fraction of sp³-hybridized carbons (Fsp3) is 0.304. The highest BCUT2D eigenvalue weighted by molar-refractivity contribution is 6.33. The molecule has 0 aliphatic carbocycles. The van der Waals surface area contributed by atoms with Gasteiger partial charge in [0.25, 0.3) is 5.56 Å². The molecule has 4 nitrogen and oxygen atoms in total. The Morgan fingerprint density at radius 3 is 2.43 bits per heavy atom. The van der Waals surface area contributed by atoms with Gasteiger partial charge in [-0.1, -0.05) is 29.3 Å². The molecule has 0 amide bonds. The van der Waals surface area contributed by atoms with E-state index in [0.29, 0.717) is 28.6 Å². The average Bonchev–Trinajstić information content (AvgIpc) is 2.64. The van der Waals surface area contributed by atoms with Crippen LogP contribution in [0.5, 0.6) is 0 Å². The molecule has 0 aliphatic rings. The second-order valence-corrected chi connectivity index (χ2v) is 8.85. The number of nitrogens with one attached hydrogen (secondary N) is 1. The quantitative estimate of drug-likeness (QED) is 0.494. The summed E-state index contributed by atoms with van der Waals surface area (Å²) >= 11 is 12.3. The fourth-order valence-electron chi connectivity index (χ4n) is 3.38. The smallest absolute Gasteiger partial charge is 0.258 e. The maximum absolute atomic E-state index is 13.7. The zero-order chi connectivity index (χ0) is 22.1. The molecule has 0 atom stereocenters. The molecule has 158 valence electrons. The van der Waals surface area contributed by atoms with E-state index >= 15 is 0 Å². The van der Waals surface area contributed by atoms with E-state index in [-0.39, 0.29) is 16.1 Å². The molecule has 7 heteroatoms. The van der Waals surface area contributed by atoms with Gasteiger partial charge in [-0.25, -0.2) is 9.37 Å². The lowest BCUT2D eigenvalue weighted by molar-refractivity contribution is 0.517. The molecule has 1 aromatic heterocycles. The third-order valence-electron chi connectivity index (χ3n) is 4.92. The zero-order valence-corrected chi connectivity index (χ0v) is 18.9. The normalized spacial score (nSPS) is 11.6. The number of halogens is 3. The number of aromatic nitrogens is 2. The summed E-state index contributed by atoms with van der Waals surface area (Å²) in [6.45, 7) is 7.69. The summed E-state index contributed by atoms with van der Waals surface area (Å²) in [5, 5.41) is 4.08. The molecule has 0 radical (unpaired) electrons. The molecule has 1 N–H and O–H groups in total. The Kier molecular flexibility index (Phi) is 6.53. The molecular weight excluding hydrogens is 424 g/mol. The van der Waals surface area contributed by atoms with Crippen LogP contribution in [-0.2, 0) is 6.42 Å². The summed E-state index contributed by atoms with van der Waals surface area (Å²) in [7, 11) is 0. The van der Waals surface area contributed by atoms with E-state index in [2.05, 4.69) is 24.1 Å². The molecule has 0 aliphatic heterocycles. The number of nitrogens with zero attached hydrogens (tertiary/aromatic N) is 2. The number of aryl methyl sites for hydroxylation is 3. The number of hydrogen-bond acceptors (Lipinski definition) is 3. The maximum atomic E-state index is 13.7. The molecule has 1 heterocycles. The second kappa shape index (κ2) is 8.78. The summed E-state index contributed by atoms with van der Waals surface area (Å²) in [6, 6.07) is 11.8. The minimum atomic E-state index is -0.408. The lowest BCUT2D eigenvalue weighted by Crippen LogP contribution is -2.31. The molecule has 2 aromatic carbocycles. The Bertz CT molecular complexity index is 1140. The predicted molar refractivity (Wildman–Crippen MR) is 122 cm³/mol. The van der Waals surface area contributed by atoms with Gasteiger partial charge in [0.2, 0.25) is 0 Å². The lowest BCUT2D eigenvalue weighted by atomic mass is 9.95. The Balaban J connectivity index is 1.76. The van der Waals surface area contributed by atoms with Crippen molar-refractivity contribution >= 4 is 28.9 Å². The third kappa shape index (κ3) is 5.21. The zero-order valence-electron chi connectivity index (χ0n) is 17.4. The maximum Gasteiger partial charge on any atom is 0.258 e. The highest BCUT2D eigenvalue weighted by Gasteiger charge is 2.19. The molecule has 0 fully saturated rings. The molecule has 0 saturated carbocycles. The summed E-state index contributed by atoms with van der Waals surface area (Å²) in [4.78, 5) is 16.7. The van der Waals surface area contributed by atoms with Crippen molar-refractivity contribution in [3.05, 3.63) is 85.8 Å². The van der Waals surface area contributed by atoms with E-state index < -0.39 is 5.82 Å². The first kappa shape index (κ1) is 22.3. The average molecular weight is 448 g/mol. The van der Waals surface area contributed by atoms with Gasteiger partial charge in [-0.2, -0.15) is 0 Å². The second-order valence-electron chi connectivity index (χ2n) is 8.04. The fourth-order valence-corrected chi connectivity index (χ4v) is 3.72. The van der Waals surface area contributed by atoms with Crippen molar-refractivity contribution in [2.24, 2.45) is 0 Å². The van der Waals surface area contributed by atoms with Crippen molar-refractivity contribution in [2.75, 3.05) is 5.32 Å². The van der Waals surface area contributed by atoms with Gasteiger partial charge in [0.1, 0.15) is 11.6 Å². The van der Waals surface area contributed by atoms with Gasteiger partial charge >= 0.3 is 0 Å². The molecule has 0 spiro atoms. The lowest BCUT2D eigenvalue weighted by Gasteiger charge is -2.28. The van der Waals surface area contributed by atoms with Gasteiger partial charge in [0.05, 0.1) is 21.4 Å². The standard InChI is InChI=1S/C23H24Cl2FN3O/c1-14-11-22(30)29(15(2)27-14)17-6-8-21(19(25)13-17)28-23(3,4)10-9-16-5-7-18(24)20(26)12-16/h5-8,11-13,28H,9-10H2,1-4H3. The highest BCUT2D eigenvalue weighted by Crippen LogP contribution is 2.29. The van der Waals surface area contributed by atoms with Crippen molar-refractivity contribution in [1.29, 1.82) is 0 Å². The summed E-state index contributed by atoms with van der Waals surface area (Å²) in [5.74, 6) is 0.196. The van der Waals surface area contributed by atoms with Crippen molar-refractivity contribution in [2.45, 2.75) is 46.1 Å². The summed E-state index contributed by atoms with van der Waals surface area (Å²) in [5.41, 5.74) is 2.55. The van der Waals surface area contributed by atoms with E-state index in [1.165, 1.54) is 16.7 Å². The summed E-state index contributed by atoms with van der Waals surface area (Å²) < 4.78 is 15.2. The van der Waals surface area contributed by atoms with Crippen LogP contribution in [0.25, 0.3) is 5.69 Å². The monoisotopic (exact) mass is 447 g/mol. The molecule has 0 unspecified atom stereocenters. The number of hydrogen-bond donors (Lipinski definition) is 1. The predicted octanol–water partition coefficient (Wildman–Crippen LogP) is 6.12. The highest BCUT2D eigenvalue weighted by atomic mass is 35.5. The first-order chi connectivity index (χ1) is 14.1. The Morgan fingerprint density at radius 2 is 1.80 bits per heavy atom. The van der Waals surface area contributed by atoms with Crippen LogP contribution < -0.4 is 10.9 Å². The molecular formula is C23H24Cl2FN3O. The minimum Gasteiger partial charge on any atom is -0.379 e. The van der Waals surface area contributed by atoms with Crippen LogP contribution in [-0.4, -0.2) is 15.1 Å². The van der Waals surface area contributed by atoms with Gasteiger partial charge in [-0.05, 0) is 76.4 Å². The van der Waals surface area contributed by atoms with Crippen molar-refractivity contribution in [1.82, 2.24) is 9.55 Å². The molecule has 3 aromatic rings. The molecule has 30 heavy (non-hydrogen) atoms. The number of benzene rings is 2. The van der Waals surface area contributed by atoms with Crippen LogP contribution in [0.15, 0.2) is 47.3 Å². The van der Waals surface area contributed by atoms with Gasteiger partial charge in [-0.15, -0.1) is 0 Å². The molecule has 0 saturated heterocycles. The third-order valence-corrected chi connectivity index (χ3v) is 5.54. The van der Waals surface area contributed by atoms with Crippen LogP contribution in [0.3, 0.4) is 0 Å². The first-order valence-electron chi connectivity index (χ1n) is 9.65. The van der Waals surface area contributed by atoms with E-state index in [9.17, 15) is 9.18 Å². The van der Waals surface area contributed by atoms with Crippen molar-refractivity contribution in [3.8, 4) is 5.69 Å². The molecule has 3 rings (SSSR count). The largest absolute Gasteiger partial charge is 0.379 e. The van der Waals surface area contributed by atoms with E-state index in [4.69, 9.17) is 23.2 Å². The molecule has 0 bridgehead atoms. The van der Waals surface area contributed by atoms with Crippen LogP contribution >= 0.6 is 23.2 Å². The Labute approximate surface area is 185 Å². The Hall–Kier alpha value is -2.37. The van der Waals surface area contributed by atoms with Gasteiger partial charge < -0.3 is 5.32 Å². The number of rotatable bonds is 6. The van der Waals surface area contributed by atoms with Crippen molar-refractivity contribution < 1.29 is 4.39 Å². The van der Waals surface area contributed by atoms with E-state index in [0.717, 1.165) is 17.7 Å². The van der Waals surface area contributed by atoms with Crippen LogP contribution in [0, 0.1) is 19.7 Å². The van der Waals surface area contributed by atoms with Crippen LogP contribution in [0.2, 0.25) is 10.0 Å². The van der Waals surface area contributed by atoms with Gasteiger partial charge in [0, 0.05) is 17.3 Å².